The first kappa shape index (κ1) is 28.3. The Morgan fingerprint density at radius 2 is 1.67 bits per heavy atom. The maximum absolute atomic E-state index is 17.6. The first-order valence-electron chi connectivity index (χ1n) is 13.8. The van der Waals surface area contributed by atoms with E-state index in [1.54, 1.807) is 13.8 Å². The minimum Gasteiger partial charge on any atom is -0.457 e. The molecule has 2 aromatic heterocycles. The number of fused-ring (bicyclic) bond motifs is 5. The van der Waals surface area contributed by atoms with E-state index in [9.17, 15) is 24.3 Å². The predicted octanol–water partition coefficient (Wildman–Crippen LogP) is 4.72. The predicted molar refractivity (Wildman–Crippen MR) is 139 cm³/mol. The molecule has 11 heteroatoms. The zero-order chi connectivity index (χ0) is 30.2. The van der Waals surface area contributed by atoms with Crippen LogP contribution in [0.4, 0.5) is 8.78 Å². The van der Waals surface area contributed by atoms with Gasteiger partial charge in [0.1, 0.15) is 6.17 Å². The van der Waals surface area contributed by atoms with E-state index in [0.29, 0.717) is 0 Å². The van der Waals surface area contributed by atoms with Crippen LogP contribution in [-0.4, -0.2) is 52.3 Å². The molecule has 3 fully saturated rings. The van der Waals surface area contributed by atoms with E-state index >= 15 is 8.78 Å². The molecule has 42 heavy (non-hydrogen) atoms. The van der Waals surface area contributed by atoms with Crippen molar-refractivity contribution < 1.29 is 51.4 Å². The summed E-state index contributed by atoms with van der Waals surface area (Å²) < 4.78 is 54.8. The van der Waals surface area contributed by atoms with Crippen molar-refractivity contribution in [3.8, 4) is 0 Å². The van der Waals surface area contributed by atoms with Gasteiger partial charge in [-0.2, -0.15) is 0 Å². The number of rotatable bonds is 4. The molecule has 1 N–H and O–H groups in total. The maximum Gasteiger partial charge on any atom is 0.381 e. The Bertz CT molecular complexity index is 1510. The van der Waals surface area contributed by atoms with E-state index in [1.807, 2.05) is 0 Å². The van der Waals surface area contributed by atoms with Gasteiger partial charge in [0.2, 0.25) is 17.1 Å². The summed E-state index contributed by atoms with van der Waals surface area (Å²) in [6, 6.07) is 5.50. The number of furan rings is 2. The summed E-state index contributed by atoms with van der Waals surface area (Å²) in [5.41, 5.74) is -7.81. The Morgan fingerprint density at radius 1 is 1.02 bits per heavy atom. The zero-order valence-corrected chi connectivity index (χ0v) is 23.2. The summed E-state index contributed by atoms with van der Waals surface area (Å²) in [4.78, 5) is 52.3. The molecule has 0 saturated heterocycles. The highest BCUT2D eigenvalue weighted by Crippen LogP contribution is 2.71. The lowest BCUT2D eigenvalue weighted by Gasteiger charge is -2.63. The monoisotopic (exact) mass is 584 g/mol. The third-order valence-electron chi connectivity index (χ3n) is 10.4. The van der Waals surface area contributed by atoms with Crippen molar-refractivity contribution in [1.82, 2.24) is 0 Å². The standard InChI is InChI=1S/C31H30F2O9/c1-16-12-18-19-14-21(32)20-13-17(34)8-9-28(20,2)30(19,33)24(35)15-29(18,3)31(16,42-26(37)23-7-5-11-40-23)27(38)41-25(36)22-6-4-10-39-22/h4-11,13,16,18-19,21,24,35H,12,14-15H2,1-3H3/t16-,18+,19+,21+,24+,28+,29+,30+,31+/m1/s1. The number of allylic oxidation sites excluding steroid dienone is 4. The van der Waals surface area contributed by atoms with Gasteiger partial charge in [-0.1, -0.05) is 19.9 Å². The quantitative estimate of drug-likeness (QED) is 0.400. The summed E-state index contributed by atoms with van der Waals surface area (Å²) >= 11 is 0. The second-order valence-corrected chi connectivity index (χ2v) is 12.3. The number of carbonyl (C=O) groups excluding carboxylic acids is 4. The zero-order valence-electron chi connectivity index (χ0n) is 23.2. The van der Waals surface area contributed by atoms with Gasteiger partial charge in [0, 0.05) is 22.7 Å². The number of hydrogen-bond donors (Lipinski definition) is 1. The lowest BCUT2D eigenvalue weighted by atomic mass is 9.44. The van der Waals surface area contributed by atoms with Crippen LogP contribution in [0, 0.1) is 28.6 Å². The number of carbonyl (C=O) groups is 4. The van der Waals surface area contributed by atoms with Crippen molar-refractivity contribution in [1.29, 1.82) is 0 Å². The summed E-state index contributed by atoms with van der Waals surface area (Å²) in [6.07, 6.45) is 1.88. The van der Waals surface area contributed by atoms with Crippen LogP contribution in [0.2, 0.25) is 0 Å². The summed E-state index contributed by atoms with van der Waals surface area (Å²) in [5.74, 6) is -7.16. The third-order valence-corrected chi connectivity index (χ3v) is 10.4. The van der Waals surface area contributed by atoms with Gasteiger partial charge < -0.3 is 23.4 Å². The number of aliphatic hydroxyl groups excluding tert-OH is 1. The second kappa shape index (κ2) is 9.32. The summed E-state index contributed by atoms with van der Waals surface area (Å²) in [6.45, 7) is 4.64. The minimum atomic E-state index is -2.42. The molecule has 3 saturated carbocycles. The van der Waals surface area contributed by atoms with E-state index in [1.165, 1.54) is 55.9 Å². The van der Waals surface area contributed by atoms with E-state index < -0.39 is 82.2 Å². The molecule has 6 rings (SSSR count). The summed E-state index contributed by atoms with van der Waals surface area (Å²) in [7, 11) is 0. The lowest BCUT2D eigenvalue weighted by Crippen LogP contribution is -2.71. The Balaban J connectivity index is 1.46. The van der Waals surface area contributed by atoms with E-state index in [-0.39, 0.29) is 29.9 Å². The number of halogens is 2. The molecule has 0 unspecified atom stereocenters. The first-order valence-corrected chi connectivity index (χ1v) is 13.8. The van der Waals surface area contributed by atoms with Crippen LogP contribution in [0.15, 0.2) is 69.4 Å². The van der Waals surface area contributed by atoms with Crippen molar-refractivity contribution >= 4 is 23.7 Å². The number of ether oxygens (including phenoxy) is 2. The Labute approximate surface area is 239 Å². The minimum absolute atomic E-state index is 0.0404. The number of aliphatic hydroxyl groups is 1. The van der Waals surface area contributed by atoms with E-state index in [4.69, 9.17) is 18.3 Å². The number of ketones is 1. The molecule has 2 heterocycles. The number of alkyl halides is 2. The molecule has 0 bridgehead atoms. The second-order valence-electron chi connectivity index (χ2n) is 12.3. The SMILES string of the molecule is C[C@@H]1C[C@H]2[C@@H]3C[C@H](F)C4=CC(=O)C=C[C@]4(C)[C@@]3(F)[C@@H](O)C[C@]2(C)[C@@]1(OC(=O)c1ccco1)C(=O)OC(=O)c1ccco1. The van der Waals surface area contributed by atoms with Crippen molar-refractivity contribution in [2.45, 2.75) is 63.6 Å². The molecule has 2 aromatic rings. The van der Waals surface area contributed by atoms with Crippen LogP contribution >= 0.6 is 0 Å². The molecule has 4 aliphatic rings. The molecule has 0 aromatic carbocycles. The fourth-order valence-electron chi connectivity index (χ4n) is 8.41. The van der Waals surface area contributed by atoms with Crippen molar-refractivity contribution in [2.75, 3.05) is 0 Å². The van der Waals surface area contributed by atoms with Gasteiger partial charge in [0.05, 0.1) is 18.6 Å². The van der Waals surface area contributed by atoms with E-state index in [0.717, 1.165) is 6.08 Å². The maximum atomic E-state index is 17.6. The molecule has 0 aliphatic heterocycles. The highest BCUT2D eigenvalue weighted by molar-refractivity contribution is 6.02. The van der Waals surface area contributed by atoms with Crippen LogP contribution < -0.4 is 0 Å². The van der Waals surface area contributed by atoms with Crippen LogP contribution in [0.1, 0.15) is 61.1 Å². The highest BCUT2D eigenvalue weighted by Gasteiger charge is 2.79. The third kappa shape index (κ3) is 3.55. The van der Waals surface area contributed by atoms with Gasteiger partial charge in [0.25, 0.3) is 0 Å². The van der Waals surface area contributed by atoms with Gasteiger partial charge in [0.15, 0.2) is 11.5 Å². The molecule has 0 spiro atoms. The molecule has 222 valence electrons. The molecule has 4 aliphatic carbocycles. The average Bonchev–Trinajstić information content (AvgIpc) is 3.70. The average molecular weight is 585 g/mol. The number of hydrogen-bond acceptors (Lipinski definition) is 9. The topological polar surface area (TPSA) is 133 Å². The van der Waals surface area contributed by atoms with Gasteiger partial charge in [-0.3, -0.25) is 4.79 Å². The smallest absolute Gasteiger partial charge is 0.381 e. The van der Waals surface area contributed by atoms with Crippen molar-refractivity contribution in [2.24, 2.45) is 28.6 Å². The van der Waals surface area contributed by atoms with Gasteiger partial charge in [-0.05, 0) is 74.1 Å². The van der Waals surface area contributed by atoms with Crippen molar-refractivity contribution in [3.63, 3.8) is 0 Å². The fourth-order valence-corrected chi connectivity index (χ4v) is 8.41. The Kier molecular flexibility index (Phi) is 6.27. The van der Waals surface area contributed by atoms with Crippen molar-refractivity contribution in [3.05, 3.63) is 72.1 Å². The molecular weight excluding hydrogens is 554 g/mol. The normalized spacial score (nSPS) is 40.4. The first-order chi connectivity index (χ1) is 19.8. The molecule has 0 amide bonds. The molecule has 9 nitrogen and oxygen atoms in total. The Morgan fingerprint density at radius 3 is 2.29 bits per heavy atom. The van der Waals surface area contributed by atoms with Crippen LogP contribution in [0.25, 0.3) is 0 Å². The Hall–Kier alpha value is -3.86. The van der Waals surface area contributed by atoms with Crippen LogP contribution in [0.5, 0.6) is 0 Å². The van der Waals surface area contributed by atoms with Gasteiger partial charge in [-0.15, -0.1) is 0 Å². The van der Waals surface area contributed by atoms with E-state index in [2.05, 4.69) is 0 Å². The lowest BCUT2D eigenvalue weighted by molar-refractivity contribution is -0.229. The van der Waals surface area contributed by atoms with Gasteiger partial charge in [-0.25, -0.2) is 23.2 Å². The molecule has 0 radical (unpaired) electrons. The largest absolute Gasteiger partial charge is 0.457 e. The van der Waals surface area contributed by atoms with Crippen LogP contribution in [-0.2, 0) is 19.1 Å². The van der Waals surface area contributed by atoms with Crippen LogP contribution in [0.3, 0.4) is 0 Å². The summed E-state index contributed by atoms with van der Waals surface area (Å²) in [5, 5.41) is 11.6. The van der Waals surface area contributed by atoms with Gasteiger partial charge >= 0.3 is 17.9 Å². The number of esters is 3. The fraction of sp³-hybridized carbons (Fsp3) is 0.484. The molecular formula is C31H30F2O9. The highest BCUT2D eigenvalue weighted by atomic mass is 19.1. The molecule has 9 atom stereocenters.